The van der Waals surface area contributed by atoms with E-state index in [0.29, 0.717) is 4.99 Å². The van der Waals surface area contributed by atoms with E-state index in [4.69, 9.17) is 18.0 Å². The summed E-state index contributed by atoms with van der Waals surface area (Å²) in [5, 5.41) is 0. The molecule has 20 heavy (non-hydrogen) atoms. The fraction of sp³-hybridized carbons (Fsp3) is 0.938. The van der Waals surface area contributed by atoms with Gasteiger partial charge in [0.15, 0.2) is 0 Å². The van der Waals surface area contributed by atoms with Crippen LogP contribution in [0.3, 0.4) is 0 Å². The molecule has 0 aromatic carbocycles. The third kappa shape index (κ3) is 2.75. The number of hydrogen-bond acceptors (Lipinski definition) is 3. The van der Waals surface area contributed by atoms with Crippen molar-refractivity contribution in [3.05, 3.63) is 0 Å². The zero-order valence-electron chi connectivity index (χ0n) is 13.0. The molecule has 114 valence electrons. The van der Waals surface area contributed by atoms with Gasteiger partial charge in [-0.1, -0.05) is 18.6 Å². The molecule has 3 unspecified atom stereocenters. The molecule has 3 fully saturated rings. The van der Waals surface area contributed by atoms with Crippen molar-refractivity contribution in [1.29, 1.82) is 0 Å². The lowest BCUT2D eigenvalue weighted by Gasteiger charge is -2.44. The lowest BCUT2D eigenvalue weighted by Crippen LogP contribution is -2.59. The Hall–Kier alpha value is -0.190. The molecule has 2 N–H and O–H groups in total. The largest absolute Gasteiger partial charge is 0.392 e. The third-order valence-corrected chi connectivity index (χ3v) is 6.64. The van der Waals surface area contributed by atoms with Crippen molar-refractivity contribution in [3.63, 3.8) is 0 Å². The molecule has 0 aromatic heterocycles. The normalized spacial score (nSPS) is 35.6. The van der Waals surface area contributed by atoms with Gasteiger partial charge in [0.2, 0.25) is 0 Å². The predicted octanol–water partition coefficient (Wildman–Crippen LogP) is 2.10. The topological polar surface area (TPSA) is 32.5 Å². The highest BCUT2D eigenvalue weighted by Gasteiger charge is 2.40. The Labute approximate surface area is 128 Å². The van der Waals surface area contributed by atoms with Gasteiger partial charge in [-0.2, -0.15) is 0 Å². The van der Waals surface area contributed by atoms with E-state index >= 15 is 0 Å². The first-order chi connectivity index (χ1) is 9.46. The zero-order chi connectivity index (χ0) is 14.3. The number of nitrogens with zero attached hydrogens (tertiary/aromatic N) is 2. The Balaban J connectivity index is 1.48. The van der Waals surface area contributed by atoms with Crippen molar-refractivity contribution in [2.45, 2.75) is 45.1 Å². The SMILES string of the molecule is CC(C)(C(N)=S)N1CCN(CC2CC3CCC2C3)CC1. The molecular weight excluding hydrogens is 266 g/mol. The van der Waals surface area contributed by atoms with Crippen LogP contribution in [0.15, 0.2) is 0 Å². The van der Waals surface area contributed by atoms with Crippen LogP contribution in [-0.2, 0) is 0 Å². The predicted molar refractivity (Wildman–Crippen MR) is 87.8 cm³/mol. The van der Waals surface area contributed by atoms with Gasteiger partial charge in [0.05, 0.1) is 10.5 Å². The van der Waals surface area contributed by atoms with Gasteiger partial charge < -0.3 is 10.6 Å². The van der Waals surface area contributed by atoms with E-state index in [1.165, 1.54) is 45.3 Å². The first-order valence-electron chi connectivity index (χ1n) is 8.24. The van der Waals surface area contributed by atoms with Gasteiger partial charge in [0.25, 0.3) is 0 Å². The zero-order valence-corrected chi connectivity index (χ0v) is 13.8. The van der Waals surface area contributed by atoms with E-state index in [2.05, 4.69) is 23.6 Å². The van der Waals surface area contributed by atoms with Crippen LogP contribution < -0.4 is 5.73 Å². The van der Waals surface area contributed by atoms with Crippen LogP contribution in [0.4, 0.5) is 0 Å². The molecule has 1 aliphatic heterocycles. The number of nitrogens with two attached hydrogens (primary N) is 1. The van der Waals surface area contributed by atoms with Crippen LogP contribution in [0, 0.1) is 17.8 Å². The van der Waals surface area contributed by atoms with E-state index in [1.807, 2.05) is 0 Å². The second-order valence-electron chi connectivity index (χ2n) is 7.65. The third-order valence-electron chi connectivity index (χ3n) is 6.14. The lowest BCUT2D eigenvalue weighted by atomic mass is 9.88. The van der Waals surface area contributed by atoms with Crippen LogP contribution in [0.2, 0.25) is 0 Å². The summed E-state index contributed by atoms with van der Waals surface area (Å²) in [6, 6.07) is 0. The summed E-state index contributed by atoms with van der Waals surface area (Å²) in [5.74, 6) is 3.11. The van der Waals surface area contributed by atoms with Crippen molar-refractivity contribution >= 4 is 17.2 Å². The minimum Gasteiger partial charge on any atom is -0.392 e. The monoisotopic (exact) mass is 295 g/mol. The molecule has 3 atom stereocenters. The van der Waals surface area contributed by atoms with Gasteiger partial charge in [-0.15, -0.1) is 0 Å². The smallest absolute Gasteiger partial charge is 0.0928 e. The second kappa shape index (κ2) is 5.54. The molecule has 1 saturated heterocycles. The highest BCUT2D eigenvalue weighted by molar-refractivity contribution is 7.80. The summed E-state index contributed by atoms with van der Waals surface area (Å²) in [6.45, 7) is 10.2. The molecule has 2 saturated carbocycles. The van der Waals surface area contributed by atoms with Gasteiger partial charge in [0, 0.05) is 32.7 Å². The quantitative estimate of drug-likeness (QED) is 0.805. The highest BCUT2D eigenvalue weighted by Crippen LogP contribution is 2.48. The summed E-state index contributed by atoms with van der Waals surface area (Å²) in [4.78, 5) is 5.75. The maximum atomic E-state index is 5.89. The fourth-order valence-electron chi connectivity index (χ4n) is 4.58. The van der Waals surface area contributed by atoms with Gasteiger partial charge in [-0.05, 0) is 50.9 Å². The lowest BCUT2D eigenvalue weighted by molar-refractivity contribution is 0.0701. The summed E-state index contributed by atoms with van der Waals surface area (Å²) >= 11 is 5.22. The van der Waals surface area contributed by atoms with E-state index in [9.17, 15) is 0 Å². The number of hydrogen-bond donors (Lipinski definition) is 1. The molecule has 3 nitrogen and oxygen atoms in total. The molecular formula is C16H29N3S. The standard InChI is InChI=1S/C16H29N3S/c1-16(2,15(17)20)19-7-5-18(6-8-19)11-14-10-12-3-4-13(14)9-12/h12-14H,3-11H2,1-2H3,(H2,17,20). The minimum absolute atomic E-state index is 0.131. The van der Waals surface area contributed by atoms with Crippen molar-refractivity contribution < 1.29 is 0 Å². The summed E-state index contributed by atoms with van der Waals surface area (Å²) in [6.07, 6.45) is 6.04. The fourth-order valence-corrected chi connectivity index (χ4v) is 4.71. The molecule has 1 heterocycles. The average Bonchev–Trinajstić information content (AvgIpc) is 3.01. The molecule has 0 aromatic rings. The van der Waals surface area contributed by atoms with E-state index < -0.39 is 0 Å². The number of rotatable bonds is 4. The molecule has 0 spiro atoms. The van der Waals surface area contributed by atoms with E-state index in [1.54, 1.807) is 0 Å². The molecule has 4 heteroatoms. The number of thiocarbonyl (C=S) groups is 1. The summed E-state index contributed by atoms with van der Waals surface area (Å²) in [7, 11) is 0. The first kappa shape index (κ1) is 14.7. The Morgan fingerprint density at radius 2 is 1.85 bits per heavy atom. The summed E-state index contributed by atoms with van der Waals surface area (Å²) < 4.78 is 0. The molecule has 0 amide bonds. The summed E-state index contributed by atoms with van der Waals surface area (Å²) in [5.41, 5.74) is 5.75. The maximum absolute atomic E-state index is 5.89. The second-order valence-corrected chi connectivity index (χ2v) is 8.09. The van der Waals surface area contributed by atoms with Crippen LogP contribution in [0.25, 0.3) is 0 Å². The Bertz CT molecular complexity index is 374. The molecule has 0 radical (unpaired) electrons. The van der Waals surface area contributed by atoms with Gasteiger partial charge in [-0.3, -0.25) is 4.90 Å². The Morgan fingerprint density at radius 3 is 2.35 bits per heavy atom. The van der Waals surface area contributed by atoms with Crippen LogP contribution in [0.5, 0.6) is 0 Å². The molecule has 2 bridgehead atoms. The van der Waals surface area contributed by atoms with Crippen LogP contribution >= 0.6 is 12.2 Å². The molecule has 2 aliphatic carbocycles. The molecule has 3 rings (SSSR count). The minimum atomic E-state index is -0.131. The Morgan fingerprint density at radius 1 is 1.15 bits per heavy atom. The van der Waals surface area contributed by atoms with Gasteiger partial charge in [0.1, 0.15) is 0 Å². The van der Waals surface area contributed by atoms with E-state index in [0.717, 1.165) is 30.8 Å². The molecule has 3 aliphatic rings. The maximum Gasteiger partial charge on any atom is 0.0928 e. The average molecular weight is 295 g/mol. The van der Waals surface area contributed by atoms with Crippen molar-refractivity contribution in [2.24, 2.45) is 23.5 Å². The van der Waals surface area contributed by atoms with Crippen LogP contribution in [0.1, 0.15) is 39.5 Å². The van der Waals surface area contributed by atoms with Crippen LogP contribution in [-0.4, -0.2) is 53.1 Å². The number of fused-ring (bicyclic) bond motifs is 2. The van der Waals surface area contributed by atoms with Crippen molar-refractivity contribution in [1.82, 2.24) is 9.80 Å². The Kier molecular flexibility index (Phi) is 4.08. The van der Waals surface area contributed by atoms with E-state index in [-0.39, 0.29) is 5.54 Å². The van der Waals surface area contributed by atoms with Crippen molar-refractivity contribution in [2.75, 3.05) is 32.7 Å². The van der Waals surface area contributed by atoms with Gasteiger partial charge in [-0.25, -0.2) is 0 Å². The number of piperazine rings is 1. The van der Waals surface area contributed by atoms with Crippen molar-refractivity contribution in [3.8, 4) is 0 Å². The highest BCUT2D eigenvalue weighted by atomic mass is 32.1. The first-order valence-corrected chi connectivity index (χ1v) is 8.65. The van der Waals surface area contributed by atoms with Gasteiger partial charge >= 0.3 is 0 Å².